The number of carbonyl (C=O) groups is 1. The molecule has 0 saturated carbocycles. The Bertz CT molecular complexity index is 245. The molecule has 0 aromatic heterocycles. The van der Waals surface area contributed by atoms with Gasteiger partial charge in [0.1, 0.15) is 0 Å². The first-order valence-corrected chi connectivity index (χ1v) is 6.71. The molecule has 4 heteroatoms. The fourth-order valence-corrected chi connectivity index (χ4v) is 2.26. The summed E-state index contributed by atoms with van der Waals surface area (Å²) in [7, 11) is 1.87. The van der Waals surface area contributed by atoms with Crippen LogP contribution in [-0.4, -0.2) is 55.5 Å². The molecule has 0 spiro atoms. The van der Waals surface area contributed by atoms with Crippen LogP contribution in [0.5, 0.6) is 0 Å². The van der Waals surface area contributed by atoms with E-state index in [-0.39, 0.29) is 5.91 Å². The SMILES string of the molecule is CC1CCN(CC(=O)N(C)CCCN)CC1C. The summed E-state index contributed by atoms with van der Waals surface area (Å²) in [5, 5.41) is 0. The molecule has 0 aliphatic carbocycles. The molecular weight excluding hydrogens is 214 g/mol. The average molecular weight is 241 g/mol. The molecule has 1 heterocycles. The summed E-state index contributed by atoms with van der Waals surface area (Å²) in [6.45, 7) is 8.68. The van der Waals surface area contributed by atoms with Crippen LogP contribution in [0.4, 0.5) is 0 Å². The molecule has 1 saturated heterocycles. The van der Waals surface area contributed by atoms with Crippen molar-refractivity contribution in [2.75, 3.05) is 39.8 Å². The molecule has 17 heavy (non-hydrogen) atoms. The van der Waals surface area contributed by atoms with Crippen molar-refractivity contribution in [3.05, 3.63) is 0 Å². The molecule has 4 nitrogen and oxygen atoms in total. The van der Waals surface area contributed by atoms with Crippen molar-refractivity contribution in [1.82, 2.24) is 9.80 Å². The third kappa shape index (κ3) is 4.64. The van der Waals surface area contributed by atoms with E-state index >= 15 is 0 Å². The van der Waals surface area contributed by atoms with Gasteiger partial charge in [0.15, 0.2) is 0 Å². The molecular formula is C13H27N3O. The van der Waals surface area contributed by atoms with Gasteiger partial charge < -0.3 is 10.6 Å². The molecule has 1 rings (SSSR count). The van der Waals surface area contributed by atoms with E-state index in [0.717, 1.165) is 32.0 Å². The molecule has 0 aromatic carbocycles. The van der Waals surface area contributed by atoms with Gasteiger partial charge in [-0.1, -0.05) is 13.8 Å². The molecule has 100 valence electrons. The minimum Gasteiger partial charge on any atom is -0.345 e. The first-order chi connectivity index (χ1) is 8.04. The predicted octanol–water partition coefficient (Wildman–Crippen LogP) is 0.772. The van der Waals surface area contributed by atoms with Gasteiger partial charge in [0.2, 0.25) is 5.91 Å². The van der Waals surface area contributed by atoms with E-state index in [4.69, 9.17) is 5.73 Å². The number of piperidine rings is 1. The fourth-order valence-electron chi connectivity index (χ4n) is 2.26. The second kappa shape index (κ2) is 6.97. The zero-order valence-electron chi connectivity index (χ0n) is 11.5. The predicted molar refractivity (Wildman–Crippen MR) is 70.7 cm³/mol. The van der Waals surface area contributed by atoms with Crippen LogP contribution in [0.15, 0.2) is 0 Å². The summed E-state index contributed by atoms with van der Waals surface area (Å²) in [6.07, 6.45) is 2.09. The number of rotatable bonds is 5. The highest BCUT2D eigenvalue weighted by Gasteiger charge is 2.24. The number of likely N-dealkylation sites (N-methyl/N-ethyl adjacent to an activating group) is 1. The van der Waals surface area contributed by atoms with Gasteiger partial charge in [-0.05, 0) is 37.8 Å². The van der Waals surface area contributed by atoms with Gasteiger partial charge in [0.25, 0.3) is 0 Å². The van der Waals surface area contributed by atoms with Gasteiger partial charge in [-0.15, -0.1) is 0 Å². The minimum atomic E-state index is 0.222. The Hall–Kier alpha value is -0.610. The van der Waals surface area contributed by atoms with Gasteiger partial charge in [0, 0.05) is 20.1 Å². The van der Waals surface area contributed by atoms with E-state index in [1.165, 1.54) is 6.42 Å². The second-order valence-corrected chi connectivity index (χ2v) is 5.44. The lowest BCUT2D eigenvalue weighted by Gasteiger charge is -2.35. The van der Waals surface area contributed by atoms with Crippen molar-refractivity contribution >= 4 is 5.91 Å². The van der Waals surface area contributed by atoms with E-state index in [1.807, 2.05) is 7.05 Å². The molecule has 2 N–H and O–H groups in total. The Kier molecular flexibility index (Phi) is 5.92. The normalized spacial score (nSPS) is 25.9. The lowest BCUT2D eigenvalue weighted by atomic mass is 9.89. The lowest BCUT2D eigenvalue weighted by Crippen LogP contribution is -2.44. The zero-order chi connectivity index (χ0) is 12.8. The molecule has 1 aliphatic heterocycles. The van der Waals surface area contributed by atoms with Crippen molar-refractivity contribution in [2.24, 2.45) is 17.6 Å². The highest BCUT2D eigenvalue weighted by atomic mass is 16.2. The average Bonchev–Trinajstić information content (AvgIpc) is 2.30. The molecule has 0 bridgehead atoms. The molecule has 1 aliphatic rings. The van der Waals surface area contributed by atoms with E-state index in [1.54, 1.807) is 4.90 Å². The second-order valence-electron chi connectivity index (χ2n) is 5.44. The number of hydrogen-bond donors (Lipinski definition) is 1. The van der Waals surface area contributed by atoms with E-state index in [0.29, 0.717) is 19.0 Å². The Morgan fingerprint density at radius 3 is 2.71 bits per heavy atom. The maximum Gasteiger partial charge on any atom is 0.236 e. The smallest absolute Gasteiger partial charge is 0.236 e. The van der Waals surface area contributed by atoms with Gasteiger partial charge in [-0.2, -0.15) is 0 Å². The molecule has 2 unspecified atom stereocenters. The number of carbonyl (C=O) groups excluding carboxylic acids is 1. The molecule has 2 atom stereocenters. The van der Waals surface area contributed by atoms with E-state index < -0.39 is 0 Å². The Labute approximate surface area is 105 Å². The Morgan fingerprint density at radius 1 is 1.41 bits per heavy atom. The lowest BCUT2D eigenvalue weighted by molar-refractivity contribution is -0.131. The van der Waals surface area contributed by atoms with Crippen molar-refractivity contribution < 1.29 is 4.79 Å². The highest BCUT2D eigenvalue weighted by Crippen LogP contribution is 2.22. The van der Waals surface area contributed by atoms with Crippen LogP contribution in [0, 0.1) is 11.8 Å². The number of amides is 1. The first-order valence-electron chi connectivity index (χ1n) is 6.71. The fraction of sp³-hybridized carbons (Fsp3) is 0.923. The van der Waals surface area contributed by atoms with Crippen molar-refractivity contribution in [1.29, 1.82) is 0 Å². The number of nitrogens with zero attached hydrogens (tertiary/aromatic N) is 2. The van der Waals surface area contributed by atoms with Crippen LogP contribution in [0.1, 0.15) is 26.7 Å². The van der Waals surface area contributed by atoms with Crippen molar-refractivity contribution in [3.8, 4) is 0 Å². The Balaban J connectivity index is 2.31. The van der Waals surface area contributed by atoms with Gasteiger partial charge in [-0.25, -0.2) is 0 Å². The monoisotopic (exact) mass is 241 g/mol. The molecule has 1 fully saturated rings. The van der Waals surface area contributed by atoms with Crippen LogP contribution < -0.4 is 5.73 Å². The number of likely N-dealkylation sites (tertiary alicyclic amines) is 1. The topological polar surface area (TPSA) is 49.6 Å². The van der Waals surface area contributed by atoms with Crippen molar-refractivity contribution in [3.63, 3.8) is 0 Å². The highest BCUT2D eigenvalue weighted by molar-refractivity contribution is 5.77. The van der Waals surface area contributed by atoms with Crippen molar-refractivity contribution in [2.45, 2.75) is 26.7 Å². The summed E-state index contributed by atoms with van der Waals surface area (Å²) in [6, 6.07) is 0. The van der Waals surface area contributed by atoms with Gasteiger partial charge >= 0.3 is 0 Å². The van der Waals surface area contributed by atoms with Crippen LogP contribution >= 0.6 is 0 Å². The standard InChI is InChI=1S/C13H27N3O/c1-11-5-8-16(9-12(11)2)10-13(17)15(3)7-4-6-14/h11-12H,4-10,14H2,1-3H3. The summed E-state index contributed by atoms with van der Waals surface area (Å²) in [5.41, 5.74) is 5.45. The first kappa shape index (κ1) is 14.5. The third-order valence-electron chi connectivity index (χ3n) is 3.90. The van der Waals surface area contributed by atoms with Gasteiger partial charge in [-0.3, -0.25) is 9.69 Å². The maximum atomic E-state index is 11.9. The molecule has 0 radical (unpaired) electrons. The zero-order valence-corrected chi connectivity index (χ0v) is 11.5. The van der Waals surface area contributed by atoms with Crippen LogP contribution in [0.2, 0.25) is 0 Å². The molecule has 1 amide bonds. The summed E-state index contributed by atoms with van der Waals surface area (Å²) >= 11 is 0. The summed E-state index contributed by atoms with van der Waals surface area (Å²) < 4.78 is 0. The minimum absolute atomic E-state index is 0.222. The van der Waals surface area contributed by atoms with Crippen LogP contribution in [-0.2, 0) is 4.79 Å². The van der Waals surface area contributed by atoms with Gasteiger partial charge in [0.05, 0.1) is 6.54 Å². The third-order valence-corrected chi connectivity index (χ3v) is 3.90. The van der Waals surface area contributed by atoms with Crippen LogP contribution in [0.3, 0.4) is 0 Å². The largest absolute Gasteiger partial charge is 0.345 e. The number of nitrogens with two attached hydrogens (primary N) is 1. The summed E-state index contributed by atoms with van der Waals surface area (Å²) in [5.74, 6) is 1.71. The quantitative estimate of drug-likeness (QED) is 0.773. The van der Waals surface area contributed by atoms with Crippen LogP contribution in [0.25, 0.3) is 0 Å². The number of hydrogen-bond acceptors (Lipinski definition) is 3. The maximum absolute atomic E-state index is 11.9. The van der Waals surface area contributed by atoms with E-state index in [9.17, 15) is 4.79 Å². The summed E-state index contributed by atoms with van der Waals surface area (Å²) in [4.78, 5) is 16.0. The Morgan fingerprint density at radius 2 is 2.12 bits per heavy atom. The van der Waals surface area contributed by atoms with E-state index in [2.05, 4.69) is 18.7 Å². The molecule has 0 aromatic rings.